The zero-order chi connectivity index (χ0) is 26.8. The molecular formula is C21H13ClF4N4O6. The van der Waals surface area contributed by atoms with E-state index in [2.05, 4.69) is 4.74 Å². The monoisotopic (exact) mass is 528 g/mol. The molecule has 0 radical (unpaired) electrons. The van der Waals surface area contributed by atoms with Crippen LogP contribution in [0.2, 0.25) is 5.02 Å². The first-order valence-corrected chi connectivity index (χ1v) is 10.2. The van der Waals surface area contributed by atoms with Gasteiger partial charge in [-0.25, -0.2) is 27.9 Å². The van der Waals surface area contributed by atoms with Crippen LogP contribution in [-0.2, 0) is 22.3 Å². The molecule has 1 heterocycles. The summed E-state index contributed by atoms with van der Waals surface area (Å²) in [5.41, 5.74) is -5.90. The summed E-state index contributed by atoms with van der Waals surface area (Å²) >= 11 is 5.76. The Balaban J connectivity index is 2.14. The Morgan fingerprint density at radius 3 is 2.44 bits per heavy atom. The van der Waals surface area contributed by atoms with Crippen molar-refractivity contribution in [3.8, 4) is 23.3 Å². The van der Waals surface area contributed by atoms with Gasteiger partial charge in [0.1, 0.15) is 18.4 Å². The van der Waals surface area contributed by atoms with Crippen molar-refractivity contribution >= 4 is 17.6 Å². The maximum Gasteiger partial charge on any atom is 0.416 e. The highest BCUT2D eigenvalue weighted by Crippen LogP contribution is 2.39. The van der Waals surface area contributed by atoms with Crippen LogP contribution in [0.4, 0.5) is 17.6 Å². The maximum atomic E-state index is 14.4. The van der Waals surface area contributed by atoms with E-state index < -0.39 is 63.6 Å². The van der Waals surface area contributed by atoms with Gasteiger partial charge in [0.15, 0.2) is 11.6 Å². The Morgan fingerprint density at radius 1 is 1.17 bits per heavy atom. The van der Waals surface area contributed by atoms with E-state index in [4.69, 9.17) is 16.3 Å². The number of H-pyrrole nitrogens is 1. The molecule has 0 bridgehead atoms. The Morgan fingerprint density at radius 2 is 1.86 bits per heavy atom. The maximum absolute atomic E-state index is 14.4. The van der Waals surface area contributed by atoms with Gasteiger partial charge >= 0.3 is 29.2 Å². The summed E-state index contributed by atoms with van der Waals surface area (Å²) in [4.78, 5) is 51.0. The third-order valence-corrected chi connectivity index (χ3v) is 4.83. The molecule has 0 atom stereocenters. The van der Waals surface area contributed by atoms with Crippen LogP contribution < -0.4 is 21.8 Å². The molecule has 0 fully saturated rings. The number of rotatable bonds is 6. The van der Waals surface area contributed by atoms with Gasteiger partial charge < -0.3 is 9.47 Å². The van der Waals surface area contributed by atoms with Gasteiger partial charge in [-0.2, -0.15) is 18.4 Å². The minimum absolute atomic E-state index is 0.0494. The fourth-order valence-electron chi connectivity index (χ4n) is 2.99. The summed E-state index contributed by atoms with van der Waals surface area (Å²) in [6, 6.07) is 5.39. The summed E-state index contributed by atoms with van der Waals surface area (Å²) in [6.07, 6.45) is -4.88. The van der Waals surface area contributed by atoms with Crippen LogP contribution in [0.15, 0.2) is 44.7 Å². The van der Waals surface area contributed by atoms with E-state index in [-0.39, 0.29) is 24.0 Å². The lowest BCUT2D eigenvalue weighted by molar-refractivity contribution is -0.144. The van der Waals surface area contributed by atoms with Gasteiger partial charge in [-0.15, -0.1) is 0 Å². The minimum atomic E-state index is -4.88. The van der Waals surface area contributed by atoms with Crippen molar-refractivity contribution < 1.29 is 31.8 Å². The summed E-state index contributed by atoms with van der Waals surface area (Å²) in [5, 5.41) is 8.70. The number of nitriles is 1. The molecule has 188 valence electrons. The Hall–Kier alpha value is -4.38. The number of ether oxygens (including phenoxy) is 2. The molecule has 36 heavy (non-hydrogen) atoms. The van der Waals surface area contributed by atoms with Gasteiger partial charge in [0.2, 0.25) is 0 Å². The quantitative estimate of drug-likeness (QED) is 0.384. The Bertz CT molecular complexity index is 1550. The van der Waals surface area contributed by atoms with Gasteiger partial charge in [-0.05, 0) is 31.2 Å². The lowest BCUT2D eigenvalue weighted by Gasteiger charge is -2.14. The summed E-state index contributed by atoms with van der Waals surface area (Å²) < 4.78 is 63.6. The van der Waals surface area contributed by atoms with Gasteiger partial charge in [0.25, 0.3) is 0 Å². The van der Waals surface area contributed by atoms with E-state index >= 15 is 0 Å². The minimum Gasteiger partial charge on any atom is -0.465 e. The number of benzene rings is 2. The highest BCUT2D eigenvalue weighted by Gasteiger charge is 2.32. The molecular weight excluding hydrogens is 516 g/mol. The zero-order valence-electron chi connectivity index (χ0n) is 18.0. The highest BCUT2D eigenvalue weighted by atomic mass is 35.5. The third kappa shape index (κ3) is 5.31. The number of hydrogen-bond acceptors (Lipinski definition) is 7. The van der Waals surface area contributed by atoms with Gasteiger partial charge in [-0.3, -0.25) is 9.78 Å². The number of carbonyl (C=O) groups excluding carboxylic acids is 1. The van der Waals surface area contributed by atoms with Crippen molar-refractivity contribution in [1.29, 1.82) is 5.26 Å². The highest BCUT2D eigenvalue weighted by molar-refractivity contribution is 6.32. The van der Waals surface area contributed by atoms with Crippen LogP contribution in [-0.4, -0.2) is 26.7 Å². The molecule has 0 saturated carbocycles. The van der Waals surface area contributed by atoms with Crippen LogP contribution in [0.1, 0.15) is 18.1 Å². The van der Waals surface area contributed by atoms with E-state index in [1.54, 1.807) is 6.07 Å². The summed E-state index contributed by atoms with van der Waals surface area (Å²) in [5.74, 6) is -3.55. The number of carbonyl (C=O) groups is 1. The van der Waals surface area contributed by atoms with Crippen molar-refractivity contribution in [3.05, 3.63) is 83.8 Å². The van der Waals surface area contributed by atoms with Crippen LogP contribution in [0.3, 0.4) is 0 Å². The van der Waals surface area contributed by atoms with E-state index in [0.29, 0.717) is 15.2 Å². The molecule has 3 aromatic rings. The predicted molar refractivity (Wildman–Crippen MR) is 115 cm³/mol. The topological polar surface area (TPSA) is 136 Å². The second-order valence-electron chi connectivity index (χ2n) is 6.90. The first-order valence-electron chi connectivity index (χ1n) is 9.77. The van der Waals surface area contributed by atoms with Gasteiger partial charge in [-0.1, -0.05) is 11.6 Å². The molecule has 3 rings (SSSR count). The third-order valence-electron chi connectivity index (χ3n) is 4.55. The Labute approximate surface area is 202 Å². The average molecular weight is 529 g/mol. The number of aromatic nitrogens is 3. The predicted octanol–water partition coefficient (Wildman–Crippen LogP) is 2.73. The molecule has 2 aromatic carbocycles. The number of aromatic amines is 1. The second kappa shape index (κ2) is 10.1. The number of nitrogens with one attached hydrogen (secondary N) is 1. The first-order chi connectivity index (χ1) is 16.9. The smallest absolute Gasteiger partial charge is 0.416 e. The van der Waals surface area contributed by atoms with E-state index in [0.717, 1.165) is 18.2 Å². The average Bonchev–Trinajstić information content (AvgIpc) is 2.78. The molecule has 0 spiro atoms. The number of esters is 1. The molecule has 1 N–H and O–H groups in total. The standard InChI is InChI=1S/C21H13ClF4N4O6/c1-2-35-16(31)9-29-18(32)28-19(33)30(20(29)34)15-7-12(4-3-10(15)8-27)36-17-13(22)5-11(6-14(17)23)21(24,25)26/h3-7H,2,9H2,1H3,(H,28,32,33). The van der Waals surface area contributed by atoms with Crippen molar-refractivity contribution in [2.24, 2.45) is 0 Å². The lowest BCUT2D eigenvalue weighted by atomic mass is 10.1. The fraction of sp³-hybridized carbons (Fsp3) is 0.190. The molecule has 0 amide bonds. The largest absolute Gasteiger partial charge is 0.465 e. The van der Waals surface area contributed by atoms with Crippen LogP contribution in [0.25, 0.3) is 5.69 Å². The summed E-state index contributed by atoms with van der Waals surface area (Å²) in [6.45, 7) is 0.584. The van der Waals surface area contributed by atoms with Crippen molar-refractivity contribution in [2.45, 2.75) is 19.6 Å². The normalized spacial score (nSPS) is 11.1. The molecule has 0 aliphatic carbocycles. The Kier molecular flexibility index (Phi) is 7.35. The number of nitrogens with zero attached hydrogens (tertiary/aromatic N) is 3. The molecule has 0 unspecified atom stereocenters. The van der Waals surface area contributed by atoms with Crippen molar-refractivity contribution in [1.82, 2.24) is 14.1 Å². The van der Waals surface area contributed by atoms with E-state index in [9.17, 15) is 42.0 Å². The molecule has 15 heteroatoms. The summed E-state index contributed by atoms with van der Waals surface area (Å²) in [7, 11) is 0. The zero-order valence-corrected chi connectivity index (χ0v) is 18.7. The number of alkyl halides is 3. The van der Waals surface area contributed by atoms with E-state index in [1.807, 2.05) is 4.98 Å². The molecule has 1 aromatic heterocycles. The van der Waals surface area contributed by atoms with Crippen LogP contribution >= 0.6 is 11.6 Å². The fourth-order valence-corrected chi connectivity index (χ4v) is 3.24. The van der Waals surface area contributed by atoms with Crippen molar-refractivity contribution in [3.63, 3.8) is 0 Å². The van der Waals surface area contributed by atoms with Crippen molar-refractivity contribution in [2.75, 3.05) is 6.61 Å². The molecule has 0 saturated heterocycles. The molecule has 10 nitrogen and oxygen atoms in total. The second-order valence-corrected chi connectivity index (χ2v) is 7.31. The number of hydrogen-bond donors (Lipinski definition) is 1. The van der Waals surface area contributed by atoms with Crippen LogP contribution in [0, 0.1) is 17.1 Å². The molecule has 0 aliphatic rings. The first kappa shape index (κ1) is 26.2. The van der Waals surface area contributed by atoms with Gasteiger partial charge in [0, 0.05) is 6.07 Å². The van der Waals surface area contributed by atoms with E-state index in [1.165, 1.54) is 6.92 Å². The molecule has 0 aliphatic heterocycles. The van der Waals surface area contributed by atoms with Crippen LogP contribution in [0.5, 0.6) is 11.5 Å². The van der Waals surface area contributed by atoms with Gasteiger partial charge in [0.05, 0.1) is 28.4 Å². The lowest BCUT2D eigenvalue weighted by Crippen LogP contribution is -2.50. The SMILES string of the molecule is CCOC(=O)Cn1c(=O)[nH]c(=O)n(-c2cc(Oc3c(F)cc(C(F)(F)F)cc3Cl)ccc2C#N)c1=O. The number of halogens is 5.